The van der Waals surface area contributed by atoms with Gasteiger partial charge in [0, 0.05) is 11.4 Å². The van der Waals surface area contributed by atoms with Crippen molar-refractivity contribution < 1.29 is 13.9 Å². The van der Waals surface area contributed by atoms with Gasteiger partial charge in [-0.3, -0.25) is 4.99 Å². The van der Waals surface area contributed by atoms with Crippen LogP contribution in [0.5, 0.6) is 0 Å². The zero-order valence-electron chi connectivity index (χ0n) is 14.0. The lowest BCUT2D eigenvalue weighted by atomic mass is 10.0. The molecule has 24 heavy (non-hydrogen) atoms. The van der Waals surface area contributed by atoms with Crippen LogP contribution in [0.25, 0.3) is 21.7 Å². The summed E-state index contributed by atoms with van der Waals surface area (Å²) in [4.78, 5) is 16.6. The molecule has 2 N–H and O–H groups in total. The number of rotatable bonds is 4. The van der Waals surface area contributed by atoms with E-state index in [1.165, 1.54) is 0 Å². The van der Waals surface area contributed by atoms with Crippen LogP contribution in [0.4, 0.5) is 0 Å². The first-order valence-electron chi connectivity index (χ1n) is 7.97. The topological polar surface area (TPSA) is 77.8 Å². The van der Waals surface area contributed by atoms with Gasteiger partial charge in [-0.25, -0.2) is 4.79 Å². The number of carbonyl (C=O) groups is 1. The van der Waals surface area contributed by atoms with Crippen molar-refractivity contribution in [3.05, 3.63) is 47.7 Å². The molecule has 0 amide bonds. The number of nitrogens with two attached hydrogens (primary N) is 1. The minimum absolute atomic E-state index is 0.0741. The summed E-state index contributed by atoms with van der Waals surface area (Å²) in [5, 5.41) is 2.65. The van der Waals surface area contributed by atoms with Crippen molar-refractivity contribution in [2.75, 3.05) is 6.61 Å². The molecule has 0 atom stereocenters. The monoisotopic (exact) mass is 324 g/mol. The summed E-state index contributed by atoms with van der Waals surface area (Å²) in [7, 11) is 0. The molecule has 0 bridgehead atoms. The molecule has 0 saturated heterocycles. The zero-order chi connectivity index (χ0) is 17.3. The molecule has 2 aromatic carbocycles. The van der Waals surface area contributed by atoms with Crippen molar-refractivity contribution in [2.45, 2.75) is 26.8 Å². The number of benzene rings is 2. The van der Waals surface area contributed by atoms with Crippen LogP contribution in [0.15, 0.2) is 45.8 Å². The highest BCUT2D eigenvalue weighted by atomic mass is 16.5. The van der Waals surface area contributed by atoms with Crippen LogP contribution in [0.1, 0.15) is 36.9 Å². The Labute approximate surface area is 140 Å². The summed E-state index contributed by atoms with van der Waals surface area (Å²) in [5.41, 5.74) is 7.09. The summed E-state index contributed by atoms with van der Waals surface area (Å²) < 4.78 is 11.0. The molecule has 0 saturated carbocycles. The van der Waals surface area contributed by atoms with Crippen LogP contribution in [-0.2, 0) is 4.74 Å². The van der Waals surface area contributed by atoms with Gasteiger partial charge in [0.05, 0.1) is 12.2 Å². The van der Waals surface area contributed by atoms with Crippen LogP contribution in [-0.4, -0.2) is 24.5 Å². The average molecular weight is 324 g/mol. The average Bonchev–Trinajstić information content (AvgIpc) is 2.98. The van der Waals surface area contributed by atoms with E-state index in [-0.39, 0.29) is 12.0 Å². The van der Waals surface area contributed by atoms with Gasteiger partial charge in [-0.15, -0.1) is 0 Å². The summed E-state index contributed by atoms with van der Waals surface area (Å²) in [6.07, 6.45) is 0. The number of hydrogen-bond donors (Lipinski definition) is 1. The second-order valence-electron chi connectivity index (χ2n) is 5.82. The number of nitrogens with zero attached hydrogens (tertiary/aromatic N) is 1. The fourth-order valence-corrected chi connectivity index (χ4v) is 2.73. The van der Waals surface area contributed by atoms with E-state index in [0.717, 1.165) is 16.2 Å². The first kappa shape index (κ1) is 16.1. The van der Waals surface area contributed by atoms with Crippen LogP contribution < -0.4 is 5.73 Å². The van der Waals surface area contributed by atoms with Crippen molar-refractivity contribution in [3.63, 3.8) is 0 Å². The molecule has 1 aromatic heterocycles. The van der Waals surface area contributed by atoms with Crippen molar-refractivity contribution in [2.24, 2.45) is 10.7 Å². The minimum atomic E-state index is -0.364. The number of hydrogen-bond acceptors (Lipinski definition) is 4. The van der Waals surface area contributed by atoms with E-state index in [9.17, 15) is 4.79 Å². The molecule has 5 heteroatoms. The highest BCUT2D eigenvalue weighted by Gasteiger charge is 2.17. The van der Waals surface area contributed by atoms with Gasteiger partial charge >= 0.3 is 5.97 Å². The Morgan fingerprint density at radius 2 is 1.92 bits per heavy atom. The fourth-order valence-electron chi connectivity index (χ4n) is 2.73. The van der Waals surface area contributed by atoms with Gasteiger partial charge in [0.1, 0.15) is 5.58 Å². The molecule has 3 aromatic rings. The SMILES string of the molecule is CCOC(=O)c1cc2oc(C(N)=NC(C)C)cc2c2ccccc12. The molecule has 0 aliphatic carbocycles. The Kier molecular flexibility index (Phi) is 4.25. The third kappa shape index (κ3) is 2.85. The van der Waals surface area contributed by atoms with Gasteiger partial charge in [0.15, 0.2) is 11.6 Å². The Hall–Kier alpha value is -2.82. The summed E-state index contributed by atoms with van der Waals surface area (Å²) in [6, 6.07) is 11.3. The van der Waals surface area contributed by atoms with E-state index < -0.39 is 0 Å². The van der Waals surface area contributed by atoms with E-state index in [1.54, 1.807) is 13.0 Å². The molecule has 3 rings (SSSR count). The number of amidine groups is 1. The zero-order valence-corrected chi connectivity index (χ0v) is 14.0. The Balaban J connectivity index is 2.26. The van der Waals surface area contributed by atoms with Crippen LogP contribution >= 0.6 is 0 Å². The number of aliphatic imine (C=N–C) groups is 1. The van der Waals surface area contributed by atoms with E-state index in [2.05, 4.69) is 4.99 Å². The maximum Gasteiger partial charge on any atom is 0.338 e. The molecule has 5 nitrogen and oxygen atoms in total. The molecule has 0 aliphatic rings. The van der Waals surface area contributed by atoms with Crippen molar-refractivity contribution in [1.82, 2.24) is 0 Å². The third-order valence-corrected chi connectivity index (χ3v) is 3.69. The molecule has 0 spiro atoms. The lowest BCUT2D eigenvalue weighted by Crippen LogP contribution is -2.14. The Morgan fingerprint density at radius 1 is 1.21 bits per heavy atom. The molecular formula is C19H20N2O3. The Bertz CT molecular complexity index is 938. The lowest BCUT2D eigenvalue weighted by Gasteiger charge is -2.06. The highest BCUT2D eigenvalue weighted by molar-refractivity contribution is 6.16. The fraction of sp³-hybridized carbons (Fsp3) is 0.263. The second-order valence-corrected chi connectivity index (χ2v) is 5.82. The quantitative estimate of drug-likeness (QED) is 0.449. The number of carbonyl (C=O) groups excluding carboxylic acids is 1. The molecule has 1 heterocycles. The summed E-state index contributed by atoms with van der Waals surface area (Å²) >= 11 is 0. The number of esters is 1. The number of fused-ring (bicyclic) bond motifs is 3. The third-order valence-electron chi connectivity index (χ3n) is 3.69. The van der Waals surface area contributed by atoms with Crippen LogP contribution in [0, 0.1) is 0 Å². The maximum absolute atomic E-state index is 12.3. The highest BCUT2D eigenvalue weighted by Crippen LogP contribution is 2.31. The van der Waals surface area contributed by atoms with Gasteiger partial charge in [-0.2, -0.15) is 0 Å². The molecule has 0 fully saturated rings. The van der Waals surface area contributed by atoms with Crippen LogP contribution in [0.2, 0.25) is 0 Å². The predicted molar refractivity (Wildman–Crippen MR) is 95.5 cm³/mol. The molecule has 0 unspecified atom stereocenters. The van der Waals surface area contributed by atoms with E-state index in [4.69, 9.17) is 14.9 Å². The van der Waals surface area contributed by atoms with Crippen LogP contribution in [0.3, 0.4) is 0 Å². The number of furan rings is 1. The lowest BCUT2D eigenvalue weighted by molar-refractivity contribution is 0.0528. The van der Waals surface area contributed by atoms with E-state index in [1.807, 2.05) is 44.2 Å². The van der Waals surface area contributed by atoms with Gasteiger partial charge in [0.25, 0.3) is 0 Å². The summed E-state index contributed by atoms with van der Waals surface area (Å²) in [5.74, 6) is 0.491. The largest absolute Gasteiger partial charge is 0.462 e. The van der Waals surface area contributed by atoms with Gasteiger partial charge in [-0.05, 0) is 43.7 Å². The standard InChI is InChI=1S/C19H20N2O3/c1-4-23-19(22)15-10-16-14(12-7-5-6-8-13(12)15)9-17(24-16)18(20)21-11(2)3/h5-11H,4H2,1-3H3,(H2,20,21). The normalized spacial score (nSPS) is 12.2. The minimum Gasteiger partial charge on any atom is -0.462 e. The van der Waals surface area contributed by atoms with Gasteiger partial charge in [-0.1, -0.05) is 24.3 Å². The first-order valence-corrected chi connectivity index (χ1v) is 7.97. The number of ether oxygens (including phenoxy) is 1. The molecule has 124 valence electrons. The first-order chi connectivity index (χ1) is 11.5. The van der Waals surface area contributed by atoms with Gasteiger partial charge in [0.2, 0.25) is 0 Å². The van der Waals surface area contributed by atoms with Crippen molar-refractivity contribution in [3.8, 4) is 0 Å². The molecule has 0 aliphatic heterocycles. The van der Waals surface area contributed by atoms with E-state index in [0.29, 0.717) is 29.3 Å². The van der Waals surface area contributed by atoms with Crippen molar-refractivity contribution >= 4 is 33.5 Å². The summed E-state index contributed by atoms with van der Waals surface area (Å²) in [6.45, 7) is 6.00. The predicted octanol–water partition coefficient (Wildman–Crippen LogP) is 3.88. The maximum atomic E-state index is 12.3. The Morgan fingerprint density at radius 3 is 2.58 bits per heavy atom. The molecular weight excluding hydrogens is 304 g/mol. The van der Waals surface area contributed by atoms with Gasteiger partial charge < -0.3 is 14.9 Å². The van der Waals surface area contributed by atoms with Crippen molar-refractivity contribution in [1.29, 1.82) is 0 Å². The van der Waals surface area contributed by atoms with E-state index >= 15 is 0 Å². The second kappa shape index (κ2) is 6.35. The molecule has 0 radical (unpaired) electrons. The smallest absolute Gasteiger partial charge is 0.338 e.